The predicted octanol–water partition coefficient (Wildman–Crippen LogP) is 5.02. The highest BCUT2D eigenvalue weighted by Gasteiger charge is 2.15. The molecule has 4 aromatic rings. The van der Waals surface area contributed by atoms with Crippen molar-refractivity contribution in [1.82, 2.24) is 4.40 Å². The maximum atomic E-state index is 2.31. The van der Waals surface area contributed by atoms with Gasteiger partial charge in [-0.1, -0.05) is 18.2 Å². The average molecular weight is 327 g/mol. The standard InChI is InChI=1S/C23H23N2/c1-16-7-8-19(20-9-10-21-6-5-11-25(21)15-20)13-22(16)23-12-17(2)18(3)14-24(23)4/h5-15H,1-4H3/q+1. The molecule has 0 spiro atoms. The van der Waals surface area contributed by atoms with E-state index < -0.39 is 0 Å². The Morgan fingerprint density at radius 1 is 0.800 bits per heavy atom. The third kappa shape index (κ3) is 2.74. The van der Waals surface area contributed by atoms with Gasteiger partial charge in [-0.05, 0) is 67.3 Å². The van der Waals surface area contributed by atoms with Gasteiger partial charge in [0.2, 0.25) is 5.69 Å². The van der Waals surface area contributed by atoms with E-state index in [9.17, 15) is 0 Å². The normalized spacial score (nSPS) is 11.2. The van der Waals surface area contributed by atoms with Gasteiger partial charge < -0.3 is 4.40 Å². The quantitative estimate of drug-likeness (QED) is 0.457. The number of fused-ring (bicyclic) bond motifs is 1. The second-order valence-electron chi connectivity index (χ2n) is 6.92. The monoisotopic (exact) mass is 327 g/mol. The fourth-order valence-electron chi connectivity index (χ4n) is 3.43. The summed E-state index contributed by atoms with van der Waals surface area (Å²) in [7, 11) is 2.12. The maximum absolute atomic E-state index is 2.31. The number of aryl methyl sites for hydroxylation is 4. The van der Waals surface area contributed by atoms with E-state index in [4.69, 9.17) is 0 Å². The van der Waals surface area contributed by atoms with Crippen LogP contribution in [0, 0.1) is 20.8 Å². The summed E-state index contributed by atoms with van der Waals surface area (Å²) >= 11 is 0. The summed E-state index contributed by atoms with van der Waals surface area (Å²) in [5.41, 5.74) is 10.2. The number of pyridine rings is 2. The van der Waals surface area contributed by atoms with Crippen LogP contribution in [0.4, 0.5) is 0 Å². The van der Waals surface area contributed by atoms with Gasteiger partial charge in [-0.25, -0.2) is 4.57 Å². The molecule has 0 saturated heterocycles. The van der Waals surface area contributed by atoms with Crippen LogP contribution in [-0.4, -0.2) is 4.40 Å². The van der Waals surface area contributed by atoms with Crippen molar-refractivity contribution < 1.29 is 4.57 Å². The predicted molar refractivity (Wildman–Crippen MR) is 104 cm³/mol. The zero-order chi connectivity index (χ0) is 17.6. The van der Waals surface area contributed by atoms with Crippen molar-refractivity contribution in [3.63, 3.8) is 0 Å². The van der Waals surface area contributed by atoms with E-state index in [1.165, 1.54) is 44.6 Å². The van der Waals surface area contributed by atoms with Gasteiger partial charge in [-0.15, -0.1) is 0 Å². The van der Waals surface area contributed by atoms with Gasteiger partial charge in [0.1, 0.15) is 7.05 Å². The third-order valence-electron chi connectivity index (χ3n) is 5.11. The van der Waals surface area contributed by atoms with Crippen molar-refractivity contribution in [2.75, 3.05) is 0 Å². The molecule has 1 aromatic carbocycles. The van der Waals surface area contributed by atoms with Crippen LogP contribution in [0.1, 0.15) is 16.7 Å². The first-order valence-electron chi connectivity index (χ1n) is 8.68. The summed E-state index contributed by atoms with van der Waals surface area (Å²) in [4.78, 5) is 0. The molecule has 3 aromatic heterocycles. The van der Waals surface area contributed by atoms with Crippen molar-refractivity contribution in [3.8, 4) is 22.4 Å². The maximum Gasteiger partial charge on any atom is 0.212 e. The van der Waals surface area contributed by atoms with Crippen LogP contribution in [0.2, 0.25) is 0 Å². The molecule has 2 heteroatoms. The Hall–Kier alpha value is -2.87. The van der Waals surface area contributed by atoms with Gasteiger partial charge >= 0.3 is 0 Å². The highest BCUT2D eigenvalue weighted by molar-refractivity contribution is 5.73. The number of aromatic nitrogens is 2. The Bertz CT molecular complexity index is 1090. The molecule has 0 aliphatic carbocycles. The molecule has 0 fully saturated rings. The van der Waals surface area contributed by atoms with Crippen LogP contribution in [0.15, 0.2) is 67.1 Å². The van der Waals surface area contributed by atoms with Crippen LogP contribution in [0.25, 0.3) is 27.9 Å². The summed E-state index contributed by atoms with van der Waals surface area (Å²) in [6.07, 6.45) is 6.50. The molecule has 0 bridgehead atoms. The largest absolute Gasteiger partial charge is 0.323 e. The molecule has 0 radical (unpaired) electrons. The Morgan fingerprint density at radius 3 is 2.44 bits per heavy atom. The topological polar surface area (TPSA) is 8.29 Å². The Kier molecular flexibility index (Phi) is 3.69. The highest BCUT2D eigenvalue weighted by atomic mass is 14.9. The summed E-state index contributed by atoms with van der Waals surface area (Å²) in [5.74, 6) is 0. The lowest BCUT2D eigenvalue weighted by Gasteiger charge is -2.10. The lowest BCUT2D eigenvalue weighted by molar-refractivity contribution is -0.660. The van der Waals surface area contributed by atoms with E-state index in [0.717, 1.165) is 0 Å². The molecule has 0 unspecified atom stereocenters. The van der Waals surface area contributed by atoms with E-state index in [1.807, 2.05) is 0 Å². The molecule has 2 nitrogen and oxygen atoms in total. The number of hydrogen-bond acceptors (Lipinski definition) is 0. The molecule has 0 atom stereocenters. The zero-order valence-electron chi connectivity index (χ0n) is 15.2. The van der Waals surface area contributed by atoms with Crippen LogP contribution in [-0.2, 0) is 7.05 Å². The van der Waals surface area contributed by atoms with Gasteiger partial charge in [0.25, 0.3) is 0 Å². The molecule has 0 amide bonds. The van der Waals surface area contributed by atoms with Gasteiger partial charge in [0, 0.05) is 35.1 Å². The molecule has 0 saturated carbocycles. The van der Waals surface area contributed by atoms with E-state index in [0.29, 0.717) is 0 Å². The molecule has 0 aliphatic heterocycles. The van der Waals surface area contributed by atoms with Crippen LogP contribution in [0.3, 0.4) is 0 Å². The first-order chi connectivity index (χ1) is 12.0. The molecule has 25 heavy (non-hydrogen) atoms. The summed E-state index contributed by atoms with van der Waals surface area (Å²) in [6.45, 7) is 6.52. The number of nitrogens with zero attached hydrogens (tertiary/aromatic N) is 2. The average Bonchev–Trinajstić information content (AvgIpc) is 3.06. The minimum absolute atomic E-state index is 1.22. The Morgan fingerprint density at radius 2 is 1.60 bits per heavy atom. The van der Waals surface area contributed by atoms with E-state index in [1.54, 1.807) is 0 Å². The molecule has 0 N–H and O–H groups in total. The van der Waals surface area contributed by atoms with Crippen molar-refractivity contribution >= 4 is 5.52 Å². The lowest BCUT2D eigenvalue weighted by atomic mass is 9.97. The first-order valence-corrected chi connectivity index (χ1v) is 8.68. The summed E-state index contributed by atoms with van der Waals surface area (Å²) in [6, 6.07) is 17.6. The lowest BCUT2D eigenvalue weighted by Crippen LogP contribution is -2.31. The summed E-state index contributed by atoms with van der Waals surface area (Å²) < 4.78 is 4.40. The number of hydrogen-bond donors (Lipinski definition) is 0. The van der Waals surface area contributed by atoms with Crippen molar-refractivity contribution in [2.24, 2.45) is 7.05 Å². The fraction of sp³-hybridized carbons (Fsp3) is 0.174. The molecule has 124 valence electrons. The SMILES string of the molecule is Cc1cc(-c2cc(-c3ccc4cccn4c3)ccc2C)[n+](C)cc1C. The molecule has 0 aliphatic rings. The van der Waals surface area contributed by atoms with E-state index >= 15 is 0 Å². The number of benzene rings is 1. The van der Waals surface area contributed by atoms with Crippen molar-refractivity contribution in [1.29, 1.82) is 0 Å². The highest BCUT2D eigenvalue weighted by Crippen LogP contribution is 2.29. The van der Waals surface area contributed by atoms with Gasteiger partial charge in [0.15, 0.2) is 6.20 Å². The Labute approximate surface area is 149 Å². The Balaban J connectivity index is 1.87. The smallest absolute Gasteiger partial charge is 0.212 e. The van der Waals surface area contributed by atoms with Gasteiger partial charge in [-0.2, -0.15) is 0 Å². The van der Waals surface area contributed by atoms with E-state index in [2.05, 4.69) is 104 Å². The van der Waals surface area contributed by atoms with Gasteiger partial charge in [0.05, 0.1) is 0 Å². The molecular formula is C23H23N2+. The van der Waals surface area contributed by atoms with Crippen LogP contribution >= 0.6 is 0 Å². The van der Waals surface area contributed by atoms with Crippen LogP contribution in [0.5, 0.6) is 0 Å². The first kappa shape index (κ1) is 15.6. The number of rotatable bonds is 2. The minimum Gasteiger partial charge on any atom is -0.323 e. The second kappa shape index (κ2) is 5.89. The van der Waals surface area contributed by atoms with Crippen LogP contribution < -0.4 is 4.57 Å². The van der Waals surface area contributed by atoms with Crippen molar-refractivity contribution in [3.05, 3.63) is 83.8 Å². The van der Waals surface area contributed by atoms with E-state index in [-0.39, 0.29) is 0 Å². The third-order valence-corrected chi connectivity index (χ3v) is 5.11. The second-order valence-corrected chi connectivity index (χ2v) is 6.92. The van der Waals surface area contributed by atoms with Gasteiger partial charge in [-0.3, -0.25) is 0 Å². The molecule has 4 rings (SSSR count). The fourth-order valence-corrected chi connectivity index (χ4v) is 3.43. The zero-order valence-corrected chi connectivity index (χ0v) is 15.2. The summed E-state index contributed by atoms with van der Waals surface area (Å²) in [5, 5.41) is 0. The van der Waals surface area contributed by atoms with Crippen molar-refractivity contribution in [2.45, 2.75) is 20.8 Å². The molecule has 3 heterocycles. The molecular weight excluding hydrogens is 304 g/mol. The minimum atomic E-state index is 1.22.